The summed E-state index contributed by atoms with van der Waals surface area (Å²) in [6, 6.07) is 11.0. The Labute approximate surface area is 120 Å². The van der Waals surface area contributed by atoms with Gasteiger partial charge in [-0.05, 0) is 31.6 Å². The molecule has 102 valence electrons. The van der Waals surface area contributed by atoms with Crippen LogP contribution < -0.4 is 5.30 Å². The van der Waals surface area contributed by atoms with Gasteiger partial charge in [-0.15, -0.1) is 8.13 Å². The van der Waals surface area contributed by atoms with E-state index in [2.05, 4.69) is 77.2 Å². The van der Waals surface area contributed by atoms with E-state index in [1.807, 2.05) is 0 Å². The van der Waals surface area contributed by atoms with Gasteiger partial charge in [0.2, 0.25) is 0 Å². The van der Waals surface area contributed by atoms with Gasteiger partial charge in [-0.1, -0.05) is 67.6 Å². The van der Waals surface area contributed by atoms with Crippen LogP contribution in [-0.2, 0) is 0 Å². The highest BCUT2D eigenvalue weighted by Gasteiger charge is 2.45. The SMILES string of the molecule is CC1=CC(C)([Si](C)(C)Pc2ccccc2)C(C)=C1C. The van der Waals surface area contributed by atoms with Crippen LogP contribution in [0.3, 0.4) is 0 Å². The maximum absolute atomic E-state index is 2.55. The number of rotatable bonds is 3. The first kappa shape index (κ1) is 14.7. The molecular weight excluding hydrogens is 263 g/mol. The van der Waals surface area contributed by atoms with Crippen LogP contribution >= 0.6 is 8.13 Å². The van der Waals surface area contributed by atoms with E-state index in [9.17, 15) is 0 Å². The molecule has 19 heavy (non-hydrogen) atoms. The summed E-state index contributed by atoms with van der Waals surface area (Å²) in [7, 11) is -0.427. The lowest BCUT2D eigenvalue weighted by Crippen LogP contribution is -2.37. The van der Waals surface area contributed by atoms with E-state index in [4.69, 9.17) is 0 Å². The molecule has 0 bridgehead atoms. The molecule has 1 aliphatic rings. The Morgan fingerprint density at radius 1 is 1.00 bits per heavy atom. The Morgan fingerprint density at radius 3 is 2.05 bits per heavy atom. The van der Waals surface area contributed by atoms with Crippen molar-refractivity contribution in [1.29, 1.82) is 0 Å². The van der Waals surface area contributed by atoms with Gasteiger partial charge in [0.15, 0.2) is 0 Å². The molecule has 1 aliphatic carbocycles. The molecular formula is C17H25PSi. The first-order valence-electron chi connectivity index (χ1n) is 6.99. The average Bonchev–Trinajstić information content (AvgIpc) is 2.55. The normalized spacial score (nSPS) is 24.4. The van der Waals surface area contributed by atoms with E-state index in [0.29, 0.717) is 5.04 Å². The van der Waals surface area contributed by atoms with E-state index in [1.54, 1.807) is 5.57 Å². The van der Waals surface area contributed by atoms with E-state index in [0.717, 1.165) is 8.13 Å². The van der Waals surface area contributed by atoms with Crippen molar-refractivity contribution >= 4 is 21.2 Å². The van der Waals surface area contributed by atoms with Gasteiger partial charge in [0.05, 0.1) is 7.74 Å². The lowest BCUT2D eigenvalue weighted by Gasteiger charge is -2.40. The van der Waals surface area contributed by atoms with Gasteiger partial charge in [0.25, 0.3) is 0 Å². The Balaban J connectivity index is 2.36. The fourth-order valence-corrected chi connectivity index (χ4v) is 10.3. The molecule has 0 N–H and O–H groups in total. The monoisotopic (exact) mass is 288 g/mol. The van der Waals surface area contributed by atoms with Crippen LogP contribution in [0.1, 0.15) is 27.7 Å². The van der Waals surface area contributed by atoms with E-state index in [1.165, 1.54) is 16.5 Å². The summed E-state index contributed by atoms with van der Waals surface area (Å²) in [6.07, 6.45) is 2.54. The lowest BCUT2D eigenvalue weighted by molar-refractivity contribution is 0.867. The zero-order valence-corrected chi connectivity index (χ0v) is 15.0. The summed E-state index contributed by atoms with van der Waals surface area (Å²) in [5.74, 6) is 0. The molecule has 1 aromatic rings. The molecule has 0 nitrogen and oxygen atoms in total. The van der Waals surface area contributed by atoms with Gasteiger partial charge in [-0.2, -0.15) is 0 Å². The summed E-state index contributed by atoms with van der Waals surface area (Å²) in [5.41, 5.74) is 4.60. The number of hydrogen-bond acceptors (Lipinski definition) is 0. The number of allylic oxidation sites excluding steroid dienone is 4. The molecule has 0 radical (unpaired) electrons. The molecule has 1 aromatic carbocycles. The topological polar surface area (TPSA) is 0 Å². The molecule has 0 spiro atoms. The molecule has 2 rings (SSSR count). The van der Waals surface area contributed by atoms with Gasteiger partial charge in [-0.25, -0.2) is 0 Å². The molecule has 0 aliphatic heterocycles. The van der Waals surface area contributed by atoms with Crippen molar-refractivity contribution < 1.29 is 0 Å². The van der Waals surface area contributed by atoms with Gasteiger partial charge in [0.1, 0.15) is 0 Å². The smallest absolute Gasteiger partial charge is 0.0907 e. The minimum Gasteiger partial charge on any atom is -0.101 e. The Bertz CT molecular complexity index is 540. The van der Waals surface area contributed by atoms with Crippen LogP contribution in [0.2, 0.25) is 18.1 Å². The second kappa shape index (κ2) is 5.03. The molecule has 0 heterocycles. The van der Waals surface area contributed by atoms with E-state index < -0.39 is 7.74 Å². The van der Waals surface area contributed by atoms with Crippen molar-refractivity contribution in [1.82, 2.24) is 0 Å². The molecule has 0 saturated carbocycles. The Hall–Kier alpha value is -0.653. The summed E-state index contributed by atoms with van der Waals surface area (Å²) in [6.45, 7) is 14.4. The van der Waals surface area contributed by atoms with Crippen molar-refractivity contribution in [2.45, 2.75) is 45.8 Å². The second-order valence-electron chi connectivity index (χ2n) is 6.40. The Kier molecular flexibility index (Phi) is 3.91. The van der Waals surface area contributed by atoms with Crippen molar-refractivity contribution in [2.24, 2.45) is 0 Å². The van der Waals surface area contributed by atoms with Gasteiger partial charge >= 0.3 is 0 Å². The summed E-state index contributed by atoms with van der Waals surface area (Å²) in [5, 5.41) is 1.83. The van der Waals surface area contributed by atoms with Crippen LogP contribution in [0.5, 0.6) is 0 Å². The molecule has 0 fully saturated rings. The fourth-order valence-electron chi connectivity index (χ4n) is 3.00. The standard InChI is InChI=1S/C17H25PSi/c1-13-12-17(4,15(3)14(13)2)19(5,6)18-16-10-8-7-9-11-16/h7-12,18H,1-6H3. The van der Waals surface area contributed by atoms with Crippen LogP contribution in [0.4, 0.5) is 0 Å². The van der Waals surface area contributed by atoms with Gasteiger partial charge in [-0.3, -0.25) is 0 Å². The predicted octanol–water partition coefficient (Wildman–Crippen LogP) is 5.25. The van der Waals surface area contributed by atoms with Crippen LogP contribution in [0.15, 0.2) is 53.1 Å². The highest BCUT2D eigenvalue weighted by Crippen LogP contribution is 2.58. The summed E-state index contributed by atoms with van der Waals surface area (Å²) >= 11 is 0. The summed E-state index contributed by atoms with van der Waals surface area (Å²) < 4.78 is 0. The van der Waals surface area contributed by atoms with Crippen LogP contribution in [-0.4, -0.2) is 7.74 Å². The Morgan fingerprint density at radius 2 is 1.58 bits per heavy atom. The second-order valence-corrected chi connectivity index (χ2v) is 16.0. The maximum Gasteiger partial charge on any atom is 0.0907 e. The van der Waals surface area contributed by atoms with Crippen molar-refractivity contribution in [3.63, 3.8) is 0 Å². The predicted molar refractivity (Wildman–Crippen MR) is 92.4 cm³/mol. The first-order valence-corrected chi connectivity index (χ1v) is 12.0. The summed E-state index contributed by atoms with van der Waals surface area (Å²) in [4.78, 5) is 0. The van der Waals surface area contributed by atoms with E-state index >= 15 is 0 Å². The van der Waals surface area contributed by atoms with Crippen molar-refractivity contribution in [2.75, 3.05) is 0 Å². The molecule has 0 aromatic heterocycles. The first-order chi connectivity index (χ1) is 8.78. The van der Waals surface area contributed by atoms with Gasteiger partial charge in [0, 0.05) is 5.04 Å². The van der Waals surface area contributed by atoms with Crippen LogP contribution in [0, 0.1) is 0 Å². The molecule has 2 unspecified atom stereocenters. The number of benzene rings is 1. The highest BCUT2D eigenvalue weighted by atomic mass is 31.3. The quantitative estimate of drug-likeness (QED) is 0.526. The molecule has 0 saturated heterocycles. The lowest BCUT2D eigenvalue weighted by atomic mass is 10.0. The average molecular weight is 288 g/mol. The molecule has 0 amide bonds. The molecule has 2 atom stereocenters. The third-order valence-corrected chi connectivity index (χ3v) is 13.6. The zero-order valence-electron chi connectivity index (χ0n) is 13.0. The van der Waals surface area contributed by atoms with E-state index in [-0.39, 0.29) is 0 Å². The minimum atomic E-state index is -1.39. The molecule has 2 heteroatoms. The minimum absolute atomic E-state index is 0.315. The van der Waals surface area contributed by atoms with Crippen LogP contribution in [0.25, 0.3) is 0 Å². The van der Waals surface area contributed by atoms with Crippen molar-refractivity contribution in [3.8, 4) is 0 Å². The number of hydrogen-bond donors (Lipinski definition) is 0. The third kappa shape index (κ3) is 2.51. The van der Waals surface area contributed by atoms with Crippen molar-refractivity contribution in [3.05, 3.63) is 53.1 Å². The fraction of sp³-hybridized carbons (Fsp3) is 0.412. The third-order valence-electron chi connectivity index (χ3n) is 4.97. The maximum atomic E-state index is 2.55. The largest absolute Gasteiger partial charge is 0.101 e. The highest BCUT2D eigenvalue weighted by molar-refractivity contribution is 7.87. The zero-order chi connectivity index (χ0) is 14.3. The van der Waals surface area contributed by atoms with Gasteiger partial charge < -0.3 is 0 Å².